The van der Waals surface area contributed by atoms with Gasteiger partial charge in [0, 0.05) is 21.9 Å². The van der Waals surface area contributed by atoms with E-state index in [0.29, 0.717) is 12.1 Å². The largest absolute Gasteiger partial charge is 0.313 e. The summed E-state index contributed by atoms with van der Waals surface area (Å²) in [7, 11) is 0. The van der Waals surface area contributed by atoms with Crippen molar-refractivity contribution >= 4 is 11.8 Å². The summed E-state index contributed by atoms with van der Waals surface area (Å²) in [4.78, 5) is 1.75. The predicted molar refractivity (Wildman–Crippen MR) is 74.3 cm³/mol. The van der Waals surface area contributed by atoms with Crippen LogP contribution in [0.3, 0.4) is 0 Å². The van der Waals surface area contributed by atoms with Crippen molar-refractivity contribution in [1.82, 2.24) is 5.32 Å². The summed E-state index contributed by atoms with van der Waals surface area (Å²) in [6, 6.07) is 11.2. The highest BCUT2D eigenvalue weighted by molar-refractivity contribution is 7.99. The Balaban J connectivity index is 2.23. The Hall–Kier alpha value is -1.39. The molecule has 0 aliphatic rings. The zero-order valence-corrected chi connectivity index (χ0v) is 11.4. The fraction of sp³-hybridized carbons (Fsp3) is 0.200. The summed E-state index contributed by atoms with van der Waals surface area (Å²) >= 11 is 1.44. The fourth-order valence-electron chi connectivity index (χ4n) is 1.69. The van der Waals surface area contributed by atoms with Crippen molar-refractivity contribution in [2.24, 2.45) is 0 Å². The van der Waals surface area contributed by atoms with Crippen molar-refractivity contribution in [3.63, 3.8) is 0 Å². The lowest BCUT2D eigenvalue weighted by Crippen LogP contribution is -2.13. The van der Waals surface area contributed by atoms with Gasteiger partial charge in [-0.05, 0) is 42.9 Å². The highest BCUT2D eigenvalue weighted by atomic mass is 32.2. The summed E-state index contributed by atoms with van der Waals surface area (Å²) in [6.45, 7) is 3.26. The Morgan fingerprint density at radius 3 is 2.47 bits per heavy atom. The van der Waals surface area contributed by atoms with E-state index in [4.69, 9.17) is 0 Å². The summed E-state index contributed by atoms with van der Waals surface area (Å²) in [5.74, 6) is -0.482. The minimum atomic E-state index is -0.267. The van der Waals surface area contributed by atoms with Crippen LogP contribution in [0, 0.1) is 11.6 Å². The molecule has 0 unspecified atom stereocenters. The van der Waals surface area contributed by atoms with Gasteiger partial charge < -0.3 is 5.32 Å². The maximum absolute atomic E-state index is 13.8. The molecule has 2 rings (SSSR count). The average Bonchev–Trinajstić information content (AvgIpc) is 2.41. The quantitative estimate of drug-likeness (QED) is 0.879. The first-order valence-corrected chi connectivity index (χ1v) is 6.94. The van der Waals surface area contributed by atoms with Crippen molar-refractivity contribution in [3.05, 3.63) is 59.7 Å². The lowest BCUT2D eigenvalue weighted by molar-refractivity contribution is 0.585. The van der Waals surface area contributed by atoms with Crippen molar-refractivity contribution in [2.75, 3.05) is 6.54 Å². The summed E-state index contributed by atoms with van der Waals surface area (Å²) < 4.78 is 26.7. The molecule has 0 bridgehead atoms. The fourth-order valence-corrected chi connectivity index (χ4v) is 2.65. The Labute approximate surface area is 116 Å². The van der Waals surface area contributed by atoms with E-state index in [0.717, 1.165) is 16.3 Å². The second-order valence-corrected chi connectivity index (χ2v) is 5.17. The first-order chi connectivity index (χ1) is 9.20. The monoisotopic (exact) mass is 279 g/mol. The van der Waals surface area contributed by atoms with E-state index in [1.807, 2.05) is 13.0 Å². The van der Waals surface area contributed by atoms with E-state index in [1.54, 1.807) is 18.2 Å². The molecule has 0 radical (unpaired) electrons. The molecule has 1 N–H and O–H groups in total. The molecule has 0 fully saturated rings. The molecule has 0 aliphatic carbocycles. The number of hydrogen-bond acceptors (Lipinski definition) is 2. The SMILES string of the molecule is CCNCc1c(F)cccc1Sc1ccc(F)cc1. The summed E-state index contributed by atoms with van der Waals surface area (Å²) in [5, 5.41) is 3.13. The third-order valence-corrected chi connectivity index (χ3v) is 3.78. The van der Waals surface area contributed by atoms with Gasteiger partial charge in [0.1, 0.15) is 11.6 Å². The van der Waals surface area contributed by atoms with Crippen LogP contribution in [0.2, 0.25) is 0 Å². The minimum Gasteiger partial charge on any atom is -0.313 e. The van der Waals surface area contributed by atoms with Crippen LogP contribution in [-0.4, -0.2) is 6.54 Å². The molecular weight excluding hydrogens is 264 g/mol. The highest BCUT2D eigenvalue weighted by Gasteiger charge is 2.09. The lowest BCUT2D eigenvalue weighted by Gasteiger charge is -2.10. The molecular formula is C15H15F2NS. The Morgan fingerprint density at radius 1 is 1.05 bits per heavy atom. The van der Waals surface area contributed by atoms with Gasteiger partial charge in [0.25, 0.3) is 0 Å². The van der Waals surface area contributed by atoms with Gasteiger partial charge in [-0.15, -0.1) is 0 Å². The van der Waals surface area contributed by atoms with Gasteiger partial charge in [-0.25, -0.2) is 8.78 Å². The summed E-state index contributed by atoms with van der Waals surface area (Å²) in [5.41, 5.74) is 0.652. The van der Waals surface area contributed by atoms with Crippen molar-refractivity contribution < 1.29 is 8.78 Å². The van der Waals surface area contributed by atoms with Gasteiger partial charge in [0.15, 0.2) is 0 Å². The van der Waals surface area contributed by atoms with E-state index < -0.39 is 0 Å². The van der Waals surface area contributed by atoms with E-state index >= 15 is 0 Å². The second-order valence-electron chi connectivity index (χ2n) is 4.05. The molecule has 0 aromatic heterocycles. The van der Waals surface area contributed by atoms with E-state index in [9.17, 15) is 8.78 Å². The van der Waals surface area contributed by atoms with Gasteiger partial charge in [-0.1, -0.05) is 24.8 Å². The Kier molecular flexibility index (Phi) is 4.93. The number of benzene rings is 2. The predicted octanol–water partition coefficient (Wildman–Crippen LogP) is 4.23. The van der Waals surface area contributed by atoms with E-state index in [1.165, 1.54) is 30.0 Å². The number of halogens is 2. The van der Waals surface area contributed by atoms with E-state index in [-0.39, 0.29) is 11.6 Å². The van der Waals surface area contributed by atoms with E-state index in [2.05, 4.69) is 5.32 Å². The number of rotatable bonds is 5. The van der Waals surface area contributed by atoms with Crippen LogP contribution in [0.25, 0.3) is 0 Å². The van der Waals surface area contributed by atoms with Crippen LogP contribution in [0.15, 0.2) is 52.3 Å². The van der Waals surface area contributed by atoms with Gasteiger partial charge in [0.05, 0.1) is 0 Å². The van der Waals surface area contributed by atoms with Gasteiger partial charge >= 0.3 is 0 Å². The van der Waals surface area contributed by atoms with Crippen LogP contribution < -0.4 is 5.32 Å². The summed E-state index contributed by atoms with van der Waals surface area (Å²) in [6.07, 6.45) is 0. The lowest BCUT2D eigenvalue weighted by atomic mass is 10.2. The van der Waals surface area contributed by atoms with Crippen LogP contribution in [0.4, 0.5) is 8.78 Å². The highest BCUT2D eigenvalue weighted by Crippen LogP contribution is 2.31. The Bertz CT molecular complexity index is 540. The molecule has 2 aromatic carbocycles. The van der Waals surface area contributed by atoms with Crippen molar-refractivity contribution in [1.29, 1.82) is 0 Å². The molecule has 4 heteroatoms. The number of nitrogens with one attached hydrogen (secondary N) is 1. The normalized spacial score (nSPS) is 10.7. The molecule has 0 spiro atoms. The molecule has 100 valence electrons. The molecule has 1 nitrogen and oxygen atoms in total. The number of hydrogen-bond donors (Lipinski definition) is 1. The smallest absolute Gasteiger partial charge is 0.128 e. The molecule has 0 amide bonds. The molecule has 2 aromatic rings. The van der Waals surface area contributed by atoms with Crippen LogP contribution in [-0.2, 0) is 6.54 Å². The molecule has 0 saturated carbocycles. The first-order valence-electron chi connectivity index (χ1n) is 6.12. The van der Waals surface area contributed by atoms with Crippen LogP contribution in [0.1, 0.15) is 12.5 Å². The Morgan fingerprint density at radius 2 is 1.79 bits per heavy atom. The second kappa shape index (κ2) is 6.68. The topological polar surface area (TPSA) is 12.0 Å². The molecule has 0 atom stereocenters. The zero-order chi connectivity index (χ0) is 13.7. The maximum atomic E-state index is 13.8. The average molecular weight is 279 g/mol. The minimum absolute atomic E-state index is 0.215. The molecule has 0 saturated heterocycles. The van der Waals surface area contributed by atoms with Crippen molar-refractivity contribution in [2.45, 2.75) is 23.3 Å². The van der Waals surface area contributed by atoms with Gasteiger partial charge in [-0.3, -0.25) is 0 Å². The molecule has 0 heterocycles. The third kappa shape index (κ3) is 3.78. The maximum Gasteiger partial charge on any atom is 0.128 e. The first kappa shape index (κ1) is 14.0. The standard InChI is InChI=1S/C15H15F2NS/c1-2-18-10-13-14(17)4-3-5-15(13)19-12-8-6-11(16)7-9-12/h3-9,18H,2,10H2,1H3. The van der Waals surface area contributed by atoms with Crippen molar-refractivity contribution in [3.8, 4) is 0 Å². The third-order valence-electron chi connectivity index (χ3n) is 2.67. The van der Waals surface area contributed by atoms with Crippen LogP contribution >= 0.6 is 11.8 Å². The van der Waals surface area contributed by atoms with Gasteiger partial charge in [-0.2, -0.15) is 0 Å². The molecule has 19 heavy (non-hydrogen) atoms. The van der Waals surface area contributed by atoms with Crippen LogP contribution in [0.5, 0.6) is 0 Å². The molecule has 0 aliphatic heterocycles. The van der Waals surface area contributed by atoms with Gasteiger partial charge in [0.2, 0.25) is 0 Å². The zero-order valence-electron chi connectivity index (χ0n) is 10.6.